The maximum Gasteiger partial charge on any atom is 0.259 e. The highest BCUT2D eigenvalue weighted by Gasteiger charge is 2.36. The van der Waals surface area contributed by atoms with Gasteiger partial charge < -0.3 is 4.90 Å². The number of pyridine rings is 1. The van der Waals surface area contributed by atoms with Gasteiger partial charge in [-0.05, 0) is 82.3 Å². The third kappa shape index (κ3) is 5.22. The molecule has 1 aliphatic rings. The Hall–Kier alpha value is -3.71. The number of nitrogens with one attached hydrogen (secondary N) is 1. The Morgan fingerprint density at radius 3 is 2.50 bits per heavy atom. The highest BCUT2D eigenvalue weighted by atomic mass is 32.2. The van der Waals surface area contributed by atoms with E-state index in [1.54, 1.807) is 18.2 Å². The summed E-state index contributed by atoms with van der Waals surface area (Å²) in [7, 11) is 0. The second-order valence-corrected chi connectivity index (χ2v) is 11.8. The average Bonchev–Trinajstić information content (AvgIpc) is 3.24. The minimum absolute atomic E-state index is 0.00344. The number of amides is 2. The van der Waals surface area contributed by atoms with Crippen molar-refractivity contribution in [1.82, 2.24) is 9.71 Å². The largest absolute Gasteiger partial charge is 0.304 e. The van der Waals surface area contributed by atoms with Gasteiger partial charge in [-0.1, -0.05) is 64.1 Å². The SMILES string of the molecule is Cc1cc(CSNC(=O)Cc2ccccc2F)ccc1N1Cc2c(c(C(C)C)c3cccnc3c2C(C)C)C1=O. The summed E-state index contributed by atoms with van der Waals surface area (Å²) in [6.07, 6.45) is 1.83. The van der Waals surface area contributed by atoms with Gasteiger partial charge in [0.15, 0.2) is 0 Å². The summed E-state index contributed by atoms with van der Waals surface area (Å²) in [5, 5.41) is 1.07. The minimum atomic E-state index is -0.377. The summed E-state index contributed by atoms with van der Waals surface area (Å²) in [6.45, 7) is 11.1. The molecular weight excluding hydrogens is 521 g/mol. The monoisotopic (exact) mass is 555 g/mol. The number of nitrogens with zero attached hydrogens (tertiary/aromatic N) is 2. The Kier molecular flexibility index (Phi) is 7.95. The number of halogens is 1. The molecule has 3 aromatic carbocycles. The van der Waals surface area contributed by atoms with Crippen molar-refractivity contribution < 1.29 is 14.0 Å². The van der Waals surface area contributed by atoms with E-state index in [1.807, 2.05) is 36.2 Å². The van der Waals surface area contributed by atoms with E-state index in [1.165, 1.54) is 18.0 Å². The molecule has 0 saturated heterocycles. The Morgan fingerprint density at radius 2 is 1.80 bits per heavy atom. The predicted molar refractivity (Wildman–Crippen MR) is 161 cm³/mol. The zero-order valence-corrected chi connectivity index (χ0v) is 24.4. The van der Waals surface area contributed by atoms with E-state index >= 15 is 0 Å². The summed E-state index contributed by atoms with van der Waals surface area (Å²) in [4.78, 5) is 33.0. The minimum Gasteiger partial charge on any atom is -0.304 e. The maximum atomic E-state index is 14.0. The van der Waals surface area contributed by atoms with E-state index in [0.29, 0.717) is 17.9 Å². The predicted octanol–water partition coefficient (Wildman–Crippen LogP) is 7.60. The molecule has 0 fully saturated rings. The molecule has 206 valence electrons. The van der Waals surface area contributed by atoms with Crippen LogP contribution in [0.5, 0.6) is 0 Å². The average molecular weight is 556 g/mol. The first kappa shape index (κ1) is 27.8. The lowest BCUT2D eigenvalue weighted by Gasteiger charge is -2.20. The smallest absolute Gasteiger partial charge is 0.259 e. The van der Waals surface area contributed by atoms with Crippen LogP contribution < -0.4 is 9.62 Å². The van der Waals surface area contributed by atoms with E-state index in [4.69, 9.17) is 4.98 Å². The molecular formula is C33H34FN3O2S. The Labute approximate surface area is 239 Å². The van der Waals surface area contributed by atoms with Crippen LogP contribution in [0.25, 0.3) is 10.9 Å². The first-order valence-electron chi connectivity index (χ1n) is 13.7. The highest BCUT2D eigenvalue weighted by Crippen LogP contribution is 2.43. The van der Waals surface area contributed by atoms with Crippen LogP contribution >= 0.6 is 11.9 Å². The molecule has 0 unspecified atom stereocenters. The fourth-order valence-electron chi connectivity index (χ4n) is 5.76. The number of fused-ring (bicyclic) bond motifs is 2. The molecule has 1 aromatic heterocycles. The highest BCUT2D eigenvalue weighted by molar-refractivity contribution is 7.97. The summed E-state index contributed by atoms with van der Waals surface area (Å²) < 4.78 is 16.6. The van der Waals surface area contributed by atoms with Crippen molar-refractivity contribution in [2.45, 2.75) is 65.2 Å². The number of benzene rings is 3. The van der Waals surface area contributed by atoms with Gasteiger partial charge in [0.2, 0.25) is 5.91 Å². The molecule has 40 heavy (non-hydrogen) atoms. The molecule has 5 nitrogen and oxygen atoms in total. The molecule has 0 spiro atoms. The molecule has 4 aromatic rings. The van der Waals surface area contributed by atoms with Gasteiger partial charge in [0.05, 0.1) is 18.5 Å². The molecule has 5 rings (SSSR count). The van der Waals surface area contributed by atoms with Gasteiger partial charge in [0, 0.05) is 28.6 Å². The van der Waals surface area contributed by atoms with Crippen molar-refractivity contribution in [3.8, 4) is 0 Å². The normalized spacial score (nSPS) is 13.0. The van der Waals surface area contributed by atoms with Crippen molar-refractivity contribution in [2.24, 2.45) is 0 Å². The van der Waals surface area contributed by atoms with Gasteiger partial charge in [-0.15, -0.1) is 0 Å². The van der Waals surface area contributed by atoms with E-state index in [9.17, 15) is 14.0 Å². The quantitative estimate of drug-likeness (QED) is 0.228. The van der Waals surface area contributed by atoms with Crippen LogP contribution in [0.4, 0.5) is 10.1 Å². The lowest BCUT2D eigenvalue weighted by molar-refractivity contribution is -0.118. The molecule has 0 atom stereocenters. The van der Waals surface area contributed by atoms with E-state index in [-0.39, 0.29) is 35.9 Å². The summed E-state index contributed by atoms with van der Waals surface area (Å²) >= 11 is 1.28. The third-order valence-electron chi connectivity index (χ3n) is 7.46. The summed E-state index contributed by atoms with van der Waals surface area (Å²) in [5.41, 5.74) is 8.44. The number of carbonyl (C=O) groups is 2. The molecule has 1 aliphatic heterocycles. The Morgan fingerprint density at radius 1 is 1.05 bits per heavy atom. The molecule has 0 aliphatic carbocycles. The number of anilines is 1. The van der Waals surface area contributed by atoms with Crippen molar-refractivity contribution in [3.63, 3.8) is 0 Å². The van der Waals surface area contributed by atoms with Crippen molar-refractivity contribution >= 4 is 40.4 Å². The van der Waals surface area contributed by atoms with E-state index < -0.39 is 0 Å². The van der Waals surface area contributed by atoms with Crippen LogP contribution in [0.2, 0.25) is 0 Å². The van der Waals surface area contributed by atoms with Gasteiger partial charge >= 0.3 is 0 Å². The zero-order valence-electron chi connectivity index (χ0n) is 23.5. The van der Waals surface area contributed by atoms with Crippen LogP contribution in [-0.4, -0.2) is 16.8 Å². The Balaban J connectivity index is 1.36. The lowest BCUT2D eigenvalue weighted by Crippen LogP contribution is -2.24. The zero-order chi connectivity index (χ0) is 28.6. The topological polar surface area (TPSA) is 62.3 Å². The van der Waals surface area contributed by atoms with Crippen molar-refractivity contribution in [2.75, 3.05) is 4.90 Å². The van der Waals surface area contributed by atoms with E-state index in [0.717, 1.165) is 50.0 Å². The van der Waals surface area contributed by atoms with Crippen LogP contribution in [0.3, 0.4) is 0 Å². The Bertz CT molecular complexity index is 1620. The van der Waals surface area contributed by atoms with Crippen LogP contribution in [0, 0.1) is 12.7 Å². The van der Waals surface area contributed by atoms with Crippen molar-refractivity contribution in [3.05, 3.63) is 106 Å². The van der Waals surface area contributed by atoms with Crippen LogP contribution in [0.15, 0.2) is 60.8 Å². The van der Waals surface area contributed by atoms with Gasteiger partial charge in [0.1, 0.15) is 5.82 Å². The molecule has 7 heteroatoms. The number of hydrogen-bond donors (Lipinski definition) is 1. The van der Waals surface area contributed by atoms with Gasteiger partial charge in [-0.25, -0.2) is 4.39 Å². The molecule has 1 N–H and O–H groups in total. The lowest BCUT2D eigenvalue weighted by atomic mass is 9.84. The standard InChI is InChI=1S/C33H34FN3O2S/c1-19(2)29-24-10-8-14-35-32(24)30(20(3)4)25-17-37(33(39)31(25)29)27-13-12-22(15-21(27)5)18-40-36-28(38)16-23-9-6-7-11-26(23)34/h6-15,19-20H,16-18H2,1-5H3,(H,36,38). The van der Waals surface area contributed by atoms with Gasteiger partial charge in [0.25, 0.3) is 5.91 Å². The molecule has 0 radical (unpaired) electrons. The summed E-state index contributed by atoms with van der Waals surface area (Å²) in [6, 6.07) is 16.4. The fourth-order valence-corrected chi connectivity index (χ4v) is 6.41. The number of aromatic nitrogens is 1. The summed E-state index contributed by atoms with van der Waals surface area (Å²) in [5.74, 6) is 0.390. The molecule has 0 saturated carbocycles. The number of hydrogen-bond acceptors (Lipinski definition) is 4. The molecule has 0 bridgehead atoms. The molecule has 2 heterocycles. The second-order valence-electron chi connectivity index (χ2n) is 11.0. The van der Waals surface area contributed by atoms with Gasteiger partial charge in [-0.2, -0.15) is 0 Å². The third-order valence-corrected chi connectivity index (χ3v) is 8.31. The number of carbonyl (C=O) groups excluding carboxylic acids is 2. The first-order chi connectivity index (χ1) is 19.2. The van der Waals surface area contributed by atoms with Crippen molar-refractivity contribution in [1.29, 1.82) is 0 Å². The van der Waals surface area contributed by atoms with Crippen LogP contribution in [0.1, 0.15) is 83.3 Å². The fraction of sp³-hybridized carbons (Fsp3) is 0.303. The second kappa shape index (κ2) is 11.4. The van der Waals surface area contributed by atoms with Crippen LogP contribution in [-0.2, 0) is 23.5 Å². The number of aryl methyl sites for hydroxylation is 1. The molecule has 2 amide bonds. The maximum absolute atomic E-state index is 14.0. The number of rotatable bonds is 8. The van der Waals surface area contributed by atoms with E-state index in [2.05, 4.69) is 44.5 Å². The van der Waals surface area contributed by atoms with Gasteiger partial charge in [-0.3, -0.25) is 19.3 Å². The first-order valence-corrected chi connectivity index (χ1v) is 14.6.